The molecule has 3 aromatic rings. The molecule has 0 aliphatic heterocycles. The maximum Gasteiger partial charge on any atom is 0.174 e. The minimum absolute atomic E-state index is 0.0306. The number of Topliss-reactive ketones (excluding diaryl/α,β-unsaturated/α-hetero) is 2. The summed E-state index contributed by atoms with van der Waals surface area (Å²) in [6.45, 7) is 5.95. The van der Waals surface area contributed by atoms with E-state index in [4.69, 9.17) is 0 Å². The van der Waals surface area contributed by atoms with Gasteiger partial charge in [-0.25, -0.2) is 0 Å². The maximum absolute atomic E-state index is 12.7. The molecule has 1 aliphatic carbocycles. The second kappa shape index (κ2) is 6.99. The van der Waals surface area contributed by atoms with Crippen LogP contribution >= 0.6 is 0 Å². The molecule has 3 nitrogen and oxygen atoms in total. The van der Waals surface area contributed by atoms with Crippen molar-refractivity contribution in [1.82, 2.24) is 4.98 Å². The molecule has 1 heterocycles. The van der Waals surface area contributed by atoms with E-state index in [-0.39, 0.29) is 17.5 Å². The van der Waals surface area contributed by atoms with Crippen LogP contribution in [0, 0.1) is 18.8 Å². The predicted molar refractivity (Wildman–Crippen MR) is 108 cm³/mol. The molecule has 0 saturated heterocycles. The Bertz CT molecular complexity index is 1010. The van der Waals surface area contributed by atoms with Gasteiger partial charge in [0.05, 0.1) is 5.92 Å². The molecule has 0 bridgehead atoms. The molecule has 0 radical (unpaired) electrons. The van der Waals surface area contributed by atoms with E-state index < -0.39 is 5.92 Å². The molecule has 0 unspecified atom stereocenters. The number of aromatic nitrogens is 1. The van der Waals surface area contributed by atoms with Gasteiger partial charge in [-0.05, 0) is 55.7 Å². The Morgan fingerprint density at radius 3 is 2.44 bits per heavy atom. The third-order valence-electron chi connectivity index (χ3n) is 5.50. The minimum Gasteiger partial charge on any atom is -0.358 e. The zero-order chi connectivity index (χ0) is 19.0. The summed E-state index contributed by atoms with van der Waals surface area (Å²) in [5.41, 5.74) is 4.64. The van der Waals surface area contributed by atoms with Crippen LogP contribution in [0.5, 0.6) is 0 Å². The zero-order valence-electron chi connectivity index (χ0n) is 15.5. The highest BCUT2D eigenvalue weighted by Crippen LogP contribution is 2.33. The molecule has 1 atom stereocenters. The monoisotopic (exact) mass is 357 g/mol. The number of allylic oxidation sites excluding steroid dienone is 1. The van der Waals surface area contributed by atoms with Crippen molar-refractivity contribution < 1.29 is 9.59 Å². The van der Waals surface area contributed by atoms with Gasteiger partial charge < -0.3 is 4.98 Å². The number of hydrogen-bond donors (Lipinski definition) is 1. The first-order valence-electron chi connectivity index (χ1n) is 9.43. The Hall–Kier alpha value is -2.94. The van der Waals surface area contributed by atoms with Gasteiger partial charge >= 0.3 is 0 Å². The molecule has 3 heteroatoms. The molecule has 27 heavy (non-hydrogen) atoms. The third kappa shape index (κ3) is 3.25. The van der Waals surface area contributed by atoms with Crippen molar-refractivity contribution in [2.45, 2.75) is 26.2 Å². The van der Waals surface area contributed by atoms with Crippen LogP contribution in [0.25, 0.3) is 10.9 Å². The van der Waals surface area contributed by atoms with Crippen LogP contribution in [-0.4, -0.2) is 16.6 Å². The molecule has 0 fully saturated rings. The van der Waals surface area contributed by atoms with E-state index in [0.717, 1.165) is 24.1 Å². The van der Waals surface area contributed by atoms with Crippen LogP contribution in [-0.2, 0) is 6.42 Å². The Kier molecular flexibility index (Phi) is 4.53. The van der Waals surface area contributed by atoms with E-state index >= 15 is 0 Å². The van der Waals surface area contributed by atoms with E-state index in [1.54, 1.807) is 12.1 Å². The zero-order valence-corrected chi connectivity index (χ0v) is 15.5. The van der Waals surface area contributed by atoms with Gasteiger partial charge in [-0.2, -0.15) is 0 Å². The largest absolute Gasteiger partial charge is 0.358 e. The average Bonchev–Trinajstić information content (AvgIpc) is 3.15. The van der Waals surface area contributed by atoms with Crippen LogP contribution in [0.4, 0.5) is 0 Å². The lowest BCUT2D eigenvalue weighted by molar-refractivity contribution is 0.0815. The number of hydrogen-bond acceptors (Lipinski definition) is 2. The molecule has 0 saturated carbocycles. The van der Waals surface area contributed by atoms with Gasteiger partial charge in [0.1, 0.15) is 0 Å². The van der Waals surface area contributed by atoms with E-state index in [1.807, 2.05) is 18.2 Å². The highest BCUT2D eigenvalue weighted by Gasteiger charge is 2.39. The first-order valence-corrected chi connectivity index (χ1v) is 9.43. The summed E-state index contributed by atoms with van der Waals surface area (Å²) >= 11 is 0. The summed E-state index contributed by atoms with van der Waals surface area (Å²) in [5, 5.41) is 1.20. The number of H-pyrrole nitrogens is 1. The van der Waals surface area contributed by atoms with Crippen LogP contribution < -0.4 is 0 Å². The van der Waals surface area contributed by atoms with Gasteiger partial charge in [0, 0.05) is 22.3 Å². The summed E-state index contributed by atoms with van der Waals surface area (Å²) in [4.78, 5) is 28.9. The van der Waals surface area contributed by atoms with Gasteiger partial charge in [0.15, 0.2) is 11.6 Å². The lowest BCUT2D eigenvalue weighted by atomic mass is 9.86. The van der Waals surface area contributed by atoms with Gasteiger partial charge in [0.2, 0.25) is 0 Å². The summed E-state index contributed by atoms with van der Waals surface area (Å²) < 4.78 is 0. The number of nitrogens with one attached hydrogen (secondary N) is 1. The SMILES string of the molecule is C=CC[C@@H](Cc1cc2cc(C)ccc2[nH]1)CC1C(=O)c2ccccc2C1=O. The number of fused-ring (bicyclic) bond motifs is 2. The van der Waals surface area contributed by atoms with E-state index in [2.05, 4.69) is 42.8 Å². The number of carbonyl (C=O) groups excluding carboxylic acids is 2. The van der Waals surface area contributed by atoms with Crippen LogP contribution in [0.3, 0.4) is 0 Å². The molecular formula is C24H23NO2. The fourth-order valence-electron chi connectivity index (χ4n) is 4.19. The van der Waals surface area contributed by atoms with Crippen LogP contribution in [0.15, 0.2) is 61.2 Å². The molecule has 136 valence electrons. The van der Waals surface area contributed by atoms with E-state index in [1.165, 1.54) is 10.9 Å². The molecular weight excluding hydrogens is 334 g/mol. The number of carbonyl (C=O) groups is 2. The Balaban J connectivity index is 1.55. The van der Waals surface area contributed by atoms with Crippen molar-refractivity contribution in [3.63, 3.8) is 0 Å². The predicted octanol–water partition coefficient (Wildman–Crippen LogP) is 5.30. The van der Waals surface area contributed by atoms with Gasteiger partial charge in [-0.3, -0.25) is 9.59 Å². The topological polar surface area (TPSA) is 49.9 Å². The second-order valence-electron chi connectivity index (χ2n) is 7.54. The summed E-state index contributed by atoms with van der Waals surface area (Å²) in [6, 6.07) is 15.7. The van der Waals surface area contributed by atoms with Crippen LogP contribution in [0.1, 0.15) is 44.8 Å². The average molecular weight is 357 g/mol. The van der Waals surface area contributed by atoms with Crippen LogP contribution in [0.2, 0.25) is 0 Å². The van der Waals surface area contributed by atoms with E-state index in [0.29, 0.717) is 17.5 Å². The first kappa shape index (κ1) is 17.5. The smallest absolute Gasteiger partial charge is 0.174 e. The number of rotatable bonds is 6. The number of ketones is 2. The Labute approximate surface area is 159 Å². The van der Waals surface area contributed by atoms with Crippen molar-refractivity contribution in [3.8, 4) is 0 Å². The summed E-state index contributed by atoms with van der Waals surface area (Å²) in [6.07, 6.45) is 4.02. The van der Waals surface area contributed by atoms with Gasteiger partial charge in [-0.15, -0.1) is 6.58 Å². The van der Waals surface area contributed by atoms with Crippen molar-refractivity contribution in [2.24, 2.45) is 11.8 Å². The van der Waals surface area contributed by atoms with Crippen molar-refractivity contribution >= 4 is 22.5 Å². The minimum atomic E-state index is -0.557. The number of aryl methyl sites for hydroxylation is 1. The third-order valence-corrected chi connectivity index (χ3v) is 5.50. The highest BCUT2D eigenvalue weighted by molar-refractivity contribution is 6.26. The second-order valence-corrected chi connectivity index (χ2v) is 7.54. The molecule has 0 amide bonds. The standard InChI is InChI=1S/C24H23NO2/c1-3-6-16(12-18-14-17-11-15(2)9-10-22(17)25-18)13-21-23(26)19-7-4-5-8-20(19)24(21)27/h3-5,7-11,14,16,21,25H,1,6,12-13H2,2H3/t16-/m0/s1. The first-order chi connectivity index (χ1) is 13.1. The Morgan fingerprint density at radius 2 is 1.78 bits per heavy atom. The number of aromatic amines is 1. The fourth-order valence-corrected chi connectivity index (χ4v) is 4.19. The quantitative estimate of drug-likeness (QED) is 0.481. The number of benzene rings is 2. The summed E-state index contributed by atoms with van der Waals surface area (Å²) in [7, 11) is 0. The summed E-state index contributed by atoms with van der Waals surface area (Å²) in [5.74, 6) is -0.420. The lowest BCUT2D eigenvalue weighted by Gasteiger charge is -2.17. The molecule has 1 aromatic heterocycles. The molecule has 1 N–H and O–H groups in total. The van der Waals surface area contributed by atoms with Gasteiger partial charge in [0.25, 0.3) is 0 Å². The molecule has 2 aromatic carbocycles. The highest BCUT2D eigenvalue weighted by atomic mass is 16.2. The fraction of sp³-hybridized carbons (Fsp3) is 0.250. The van der Waals surface area contributed by atoms with Crippen molar-refractivity contribution in [1.29, 1.82) is 0 Å². The van der Waals surface area contributed by atoms with Gasteiger partial charge in [-0.1, -0.05) is 42.0 Å². The van der Waals surface area contributed by atoms with E-state index in [9.17, 15) is 9.59 Å². The Morgan fingerprint density at radius 1 is 1.07 bits per heavy atom. The maximum atomic E-state index is 12.7. The molecule has 0 spiro atoms. The molecule has 1 aliphatic rings. The van der Waals surface area contributed by atoms with Crippen molar-refractivity contribution in [3.05, 3.63) is 83.6 Å². The molecule has 4 rings (SSSR count). The lowest BCUT2D eigenvalue weighted by Crippen LogP contribution is -2.20. The normalized spacial score (nSPS) is 15.3. The van der Waals surface area contributed by atoms with Crippen molar-refractivity contribution in [2.75, 3.05) is 0 Å².